The summed E-state index contributed by atoms with van der Waals surface area (Å²) in [5.74, 6) is 0.464. The van der Waals surface area contributed by atoms with Crippen molar-refractivity contribution in [3.63, 3.8) is 0 Å². The molecule has 0 unspecified atom stereocenters. The van der Waals surface area contributed by atoms with Gasteiger partial charge in [-0.05, 0) is 52.9 Å². The third kappa shape index (κ3) is 3.80. The Labute approximate surface area is 112 Å². The minimum atomic E-state index is -4.65. The first-order valence-electron chi connectivity index (χ1n) is 5.73. The summed E-state index contributed by atoms with van der Waals surface area (Å²) < 4.78 is 40.5. The Balaban J connectivity index is 1.95. The van der Waals surface area contributed by atoms with Crippen molar-refractivity contribution in [3.05, 3.63) is 22.7 Å². The maximum absolute atomic E-state index is 12.0. The molecule has 1 aromatic rings. The van der Waals surface area contributed by atoms with Gasteiger partial charge in [0.2, 0.25) is 0 Å². The van der Waals surface area contributed by atoms with Crippen LogP contribution < -0.4 is 10.1 Å². The predicted molar refractivity (Wildman–Crippen MR) is 66.7 cm³/mol. The molecule has 1 fully saturated rings. The molecule has 18 heavy (non-hydrogen) atoms. The maximum atomic E-state index is 12.0. The summed E-state index contributed by atoms with van der Waals surface area (Å²) in [6.07, 6.45) is -0.939. The van der Waals surface area contributed by atoms with Crippen LogP contribution in [0.25, 0.3) is 0 Å². The van der Waals surface area contributed by atoms with Gasteiger partial charge in [0.05, 0.1) is 0 Å². The number of ether oxygens (including phenoxy) is 1. The van der Waals surface area contributed by atoms with E-state index in [1.165, 1.54) is 31.4 Å². The van der Waals surface area contributed by atoms with Crippen molar-refractivity contribution in [2.75, 3.05) is 11.9 Å². The van der Waals surface area contributed by atoms with Crippen LogP contribution in [0.1, 0.15) is 19.3 Å². The Hall–Kier alpha value is -0.910. The molecule has 0 spiro atoms. The number of hydrogen-bond donors (Lipinski definition) is 1. The zero-order chi connectivity index (χ0) is 13.2. The highest BCUT2D eigenvalue weighted by Crippen LogP contribution is 2.32. The summed E-state index contributed by atoms with van der Waals surface area (Å²) in [6, 6.07) is 4.21. The van der Waals surface area contributed by atoms with Gasteiger partial charge < -0.3 is 10.1 Å². The molecular formula is C12H13BrF3NO. The highest BCUT2D eigenvalue weighted by atomic mass is 79.9. The number of rotatable bonds is 4. The Morgan fingerprint density at radius 3 is 2.56 bits per heavy atom. The van der Waals surface area contributed by atoms with Gasteiger partial charge in [0, 0.05) is 16.7 Å². The summed E-state index contributed by atoms with van der Waals surface area (Å²) >= 11 is 3.23. The van der Waals surface area contributed by atoms with Crippen LogP contribution in [-0.2, 0) is 0 Å². The quantitative estimate of drug-likeness (QED) is 0.877. The lowest BCUT2D eigenvalue weighted by Gasteiger charge is -2.26. The van der Waals surface area contributed by atoms with Crippen LogP contribution in [0, 0.1) is 5.92 Å². The summed E-state index contributed by atoms with van der Waals surface area (Å²) in [4.78, 5) is 0. The van der Waals surface area contributed by atoms with Crippen LogP contribution in [0.4, 0.5) is 18.9 Å². The minimum Gasteiger partial charge on any atom is -0.406 e. The first-order chi connectivity index (χ1) is 8.44. The number of benzene rings is 1. The zero-order valence-electron chi connectivity index (χ0n) is 9.56. The van der Waals surface area contributed by atoms with Crippen molar-refractivity contribution in [2.45, 2.75) is 25.6 Å². The number of anilines is 1. The highest BCUT2D eigenvalue weighted by molar-refractivity contribution is 9.10. The minimum absolute atomic E-state index is 0.219. The lowest BCUT2D eigenvalue weighted by molar-refractivity contribution is -0.274. The van der Waals surface area contributed by atoms with Crippen LogP contribution >= 0.6 is 15.9 Å². The second kappa shape index (κ2) is 5.38. The fourth-order valence-electron chi connectivity index (χ4n) is 1.79. The second-order valence-corrected chi connectivity index (χ2v) is 5.22. The second-order valence-electron chi connectivity index (χ2n) is 4.37. The van der Waals surface area contributed by atoms with E-state index in [2.05, 4.69) is 26.0 Å². The first-order valence-corrected chi connectivity index (χ1v) is 6.52. The van der Waals surface area contributed by atoms with Crippen LogP contribution in [0.3, 0.4) is 0 Å². The molecule has 100 valence electrons. The smallest absolute Gasteiger partial charge is 0.406 e. The van der Waals surface area contributed by atoms with Crippen LogP contribution in [0.2, 0.25) is 0 Å². The normalized spacial score (nSPS) is 16.2. The van der Waals surface area contributed by atoms with Crippen molar-refractivity contribution in [2.24, 2.45) is 5.92 Å². The average molecular weight is 324 g/mol. The molecule has 0 bridgehead atoms. The molecule has 1 N–H and O–H groups in total. The number of alkyl halides is 3. The molecule has 2 nitrogen and oxygen atoms in total. The number of hydrogen-bond acceptors (Lipinski definition) is 2. The van der Waals surface area contributed by atoms with Gasteiger partial charge in [-0.25, -0.2) is 0 Å². The molecule has 6 heteroatoms. The van der Waals surface area contributed by atoms with E-state index in [1.54, 1.807) is 6.07 Å². The molecular weight excluding hydrogens is 311 g/mol. The molecule has 0 radical (unpaired) electrons. The lowest BCUT2D eigenvalue weighted by Crippen LogP contribution is -2.21. The Kier molecular flexibility index (Phi) is 4.04. The van der Waals surface area contributed by atoms with E-state index in [0.29, 0.717) is 10.4 Å². The van der Waals surface area contributed by atoms with Gasteiger partial charge >= 0.3 is 6.36 Å². The molecule has 0 heterocycles. The molecule has 0 aliphatic heterocycles. The largest absolute Gasteiger partial charge is 0.573 e. The SMILES string of the molecule is FC(F)(F)Oc1ccc(NCC2CCC2)c(Br)c1. The molecule has 0 saturated heterocycles. The molecule has 0 aromatic heterocycles. The standard InChI is InChI=1S/C12H13BrF3NO/c13-10-6-9(18-12(14,15)16)4-5-11(10)17-7-8-2-1-3-8/h4-6,8,17H,1-3,7H2. The monoisotopic (exact) mass is 323 g/mol. The zero-order valence-corrected chi connectivity index (χ0v) is 11.1. The van der Waals surface area contributed by atoms with Gasteiger partial charge in [-0.1, -0.05) is 6.42 Å². The molecule has 2 rings (SSSR count). The van der Waals surface area contributed by atoms with E-state index >= 15 is 0 Å². The third-order valence-corrected chi connectivity index (χ3v) is 3.64. The van der Waals surface area contributed by atoms with E-state index in [0.717, 1.165) is 12.2 Å². The Morgan fingerprint density at radius 2 is 2.06 bits per heavy atom. The van der Waals surface area contributed by atoms with Crippen molar-refractivity contribution >= 4 is 21.6 Å². The van der Waals surface area contributed by atoms with Crippen molar-refractivity contribution in [1.29, 1.82) is 0 Å². The predicted octanol–water partition coefficient (Wildman–Crippen LogP) is 4.56. The number of nitrogens with one attached hydrogen (secondary N) is 1. The van der Waals surface area contributed by atoms with Crippen molar-refractivity contribution < 1.29 is 17.9 Å². The fourth-order valence-corrected chi connectivity index (χ4v) is 2.29. The molecule has 1 aliphatic rings. The summed E-state index contributed by atoms with van der Waals surface area (Å²) in [6.45, 7) is 0.859. The van der Waals surface area contributed by atoms with Crippen molar-refractivity contribution in [3.8, 4) is 5.75 Å². The first kappa shape index (κ1) is 13.5. The summed E-state index contributed by atoms with van der Waals surface area (Å²) in [7, 11) is 0. The number of halogens is 4. The molecule has 0 atom stereocenters. The van der Waals surface area contributed by atoms with E-state index in [4.69, 9.17) is 0 Å². The third-order valence-electron chi connectivity index (χ3n) is 2.98. The van der Waals surface area contributed by atoms with Gasteiger partial charge in [0.25, 0.3) is 0 Å². The summed E-state index contributed by atoms with van der Waals surface area (Å²) in [5.41, 5.74) is 0.788. The average Bonchev–Trinajstić information content (AvgIpc) is 2.16. The summed E-state index contributed by atoms with van der Waals surface area (Å²) in [5, 5.41) is 3.22. The van der Waals surface area contributed by atoms with E-state index < -0.39 is 6.36 Å². The fraction of sp³-hybridized carbons (Fsp3) is 0.500. The Bertz CT molecular complexity index is 418. The highest BCUT2D eigenvalue weighted by Gasteiger charge is 2.31. The van der Waals surface area contributed by atoms with E-state index in [9.17, 15) is 13.2 Å². The van der Waals surface area contributed by atoms with Gasteiger partial charge in [-0.2, -0.15) is 0 Å². The molecule has 0 amide bonds. The molecule has 1 aromatic carbocycles. The molecule has 1 aliphatic carbocycles. The molecule has 1 saturated carbocycles. The maximum Gasteiger partial charge on any atom is 0.573 e. The van der Waals surface area contributed by atoms with Gasteiger partial charge in [0.15, 0.2) is 0 Å². The van der Waals surface area contributed by atoms with Gasteiger partial charge in [0.1, 0.15) is 5.75 Å². The lowest BCUT2D eigenvalue weighted by atomic mass is 9.85. The van der Waals surface area contributed by atoms with Crippen LogP contribution in [0.15, 0.2) is 22.7 Å². The van der Waals surface area contributed by atoms with E-state index in [1.807, 2.05) is 0 Å². The van der Waals surface area contributed by atoms with Gasteiger partial charge in [-0.15, -0.1) is 13.2 Å². The van der Waals surface area contributed by atoms with Crippen LogP contribution in [-0.4, -0.2) is 12.9 Å². The van der Waals surface area contributed by atoms with Crippen molar-refractivity contribution in [1.82, 2.24) is 0 Å². The van der Waals surface area contributed by atoms with Crippen LogP contribution in [0.5, 0.6) is 5.75 Å². The topological polar surface area (TPSA) is 21.3 Å². The van der Waals surface area contributed by atoms with Gasteiger partial charge in [-0.3, -0.25) is 0 Å². The Morgan fingerprint density at radius 1 is 1.33 bits per heavy atom. The van der Waals surface area contributed by atoms with E-state index in [-0.39, 0.29) is 5.75 Å².